The van der Waals surface area contributed by atoms with Crippen LogP contribution in [-0.2, 0) is 22.4 Å². The van der Waals surface area contributed by atoms with Crippen LogP contribution in [0.15, 0.2) is 78.9 Å². The second-order valence-corrected chi connectivity index (χ2v) is 9.59. The molecule has 2 unspecified atom stereocenters. The van der Waals surface area contributed by atoms with Gasteiger partial charge in [0.25, 0.3) is 0 Å². The van der Waals surface area contributed by atoms with E-state index in [0.717, 1.165) is 23.3 Å². The van der Waals surface area contributed by atoms with Crippen LogP contribution in [0.3, 0.4) is 0 Å². The molecule has 37 heavy (non-hydrogen) atoms. The van der Waals surface area contributed by atoms with Crippen LogP contribution < -0.4 is 27.2 Å². The van der Waals surface area contributed by atoms with E-state index >= 15 is 0 Å². The fraction of sp³-hybridized carbons (Fsp3) is 0.367. The van der Waals surface area contributed by atoms with E-state index < -0.39 is 6.10 Å². The monoisotopic (exact) mass is 526 g/mol. The van der Waals surface area contributed by atoms with Crippen molar-refractivity contribution in [3.05, 3.63) is 95.6 Å². The summed E-state index contributed by atoms with van der Waals surface area (Å²) in [7, 11) is 3.07. The Balaban J connectivity index is 0.00000481. The van der Waals surface area contributed by atoms with Gasteiger partial charge in [-0.3, -0.25) is 4.79 Å². The van der Waals surface area contributed by atoms with Gasteiger partial charge in [-0.25, -0.2) is 0 Å². The van der Waals surface area contributed by atoms with Crippen molar-refractivity contribution in [3.8, 4) is 11.5 Å². The molecule has 0 heterocycles. The lowest BCUT2D eigenvalue weighted by Gasteiger charge is -2.28. The van der Waals surface area contributed by atoms with Crippen molar-refractivity contribution >= 4 is 5.97 Å². The summed E-state index contributed by atoms with van der Waals surface area (Å²) >= 11 is 0. The van der Waals surface area contributed by atoms with Crippen LogP contribution in [0.25, 0.3) is 0 Å². The number of carbonyl (C=O) groups is 1. The molecule has 0 aromatic heterocycles. The highest BCUT2D eigenvalue weighted by molar-refractivity contribution is 5.78. The van der Waals surface area contributed by atoms with Gasteiger partial charge in [-0.2, -0.15) is 0 Å². The van der Waals surface area contributed by atoms with Crippen molar-refractivity contribution in [2.24, 2.45) is 0 Å². The summed E-state index contributed by atoms with van der Waals surface area (Å²) in [4.78, 5) is 12.3. The van der Waals surface area contributed by atoms with Gasteiger partial charge >= 0.3 is 5.97 Å². The molecule has 6 nitrogen and oxygen atoms in total. The number of hydrogen-bond acceptors (Lipinski definition) is 6. The molecule has 0 aliphatic carbocycles. The summed E-state index contributed by atoms with van der Waals surface area (Å²) in [6, 6.07) is 25.3. The Morgan fingerprint density at radius 2 is 1.49 bits per heavy atom. The molecule has 0 aliphatic rings. The number of benzene rings is 3. The molecule has 0 bridgehead atoms. The number of nitrogens with one attached hydrogen (secondary N) is 1. The first-order valence-corrected chi connectivity index (χ1v) is 12.2. The average Bonchev–Trinajstić information content (AvgIpc) is 2.90. The number of hydrogen-bond donors (Lipinski definition) is 2. The first-order chi connectivity index (χ1) is 17.3. The first kappa shape index (κ1) is 30.2. The van der Waals surface area contributed by atoms with E-state index in [1.807, 2.05) is 66.7 Å². The Morgan fingerprint density at radius 1 is 0.892 bits per heavy atom. The summed E-state index contributed by atoms with van der Waals surface area (Å²) in [5, 5.41) is 13.9. The van der Waals surface area contributed by atoms with Crippen LogP contribution in [-0.4, -0.2) is 50.1 Å². The lowest BCUT2D eigenvalue weighted by Crippen LogP contribution is -3.00. The Morgan fingerprint density at radius 3 is 2.08 bits per heavy atom. The highest BCUT2D eigenvalue weighted by Crippen LogP contribution is 2.24. The van der Waals surface area contributed by atoms with Crippen LogP contribution in [0.4, 0.5) is 0 Å². The third-order valence-corrected chi connectivity index (χ3v) is 6.11. The molecule has 200 valence electrons. The molecule has 0 fully saturated rings. The van der Waals surface area contributed by atoms with Crippen LogP contribution in [0, 0.1) is 0 Å². The molecule has 0 saturated heterocycles. The second kappa shape index (κ2) is 14.6. The topological polar surface area (TPSA) is 77.0 Å². The van der Waals surface area contributed by atoms with Crippen molar-refractivity contribution in [1.82, 2.24) is 5.32 Å². The molecule has 0 aliphatic heterocycles. The van der Waals surface area contributed by atoms with Crippen molar-refractivity contribution in [1.29, 1.82) is 0 Å². The van der Waals surface area contributed by atoms with Gasteiger partial charge in [-0.05, 0) is 67.6 Å². The first-order valence-electron chi connectivity index (χ1n) is 12.2. The predicted octanol–water partition coefficient (Wildman–Crippen LogP) is 1.55. The number of β-amino-alcohol motifs (C(OH)–C–C–N with tert-alkyl or cyclic N) is 1. The molecular weight excluding hydrogens is 490 g/mol. The number of ether oxygens (including phenoxy) is 3. The number of aliphatic hydroxyl groups excluding tert-OH is 1. The van der Waals surface area contributed by atoms with Crippen LogP contribution >= 0.6 is 0 Å². The zero-order valence-electron chi connectivity index (χ0n) is 21.9. The minimum atomic E-state index is -0.651. The van der Waals surface area contributed by atoms with Crippen molar-refractivity contribution in [2.75, 3.05) is 27.4 Å². The maximum atomic E-state index is 12.3. The van der Waals surface area contributed by atoms with E-state index in [0.29, 0.717) is 18.7 Å². The summed E-state index contributed by atoms with van der Waals surface area (Å²) in [5.74, 6) is 0.887. The molecule has 7 heteroatoms. The van der Waals surface area contributed by atoms with Gasteiger partial charge in [0.1, 0.15) is 24.2 Å². The molecule has 2 N–H and O–H groups in total. The average molecular weight is 527 g/mol. The SMILES string of the molecule is COC(=O)C(Cc1ccc(OCC(O)CNC(C)(C)Cc2ccc(OC)cc2)cc1)c1ccccc1.[Cl-]. The number of aliphatic hydroxyl groups is 1. The minimum Gasteiger partial charge on any atom is -1.00 e. The zero-order chi connectivity index (χ0) is 26.0. The number of rotatable bonds is 13. The van der Waals surface area contributed by atoms with Gasteiger partial charge in [0.2, 0.25) is 0 Å². The fourth-order valence-corrected chi connectivity index (χ4v) is 4.08. The van der Waals surface area contributed by atoms with Crippen molar-refractivity contribution in [3.63, 3.8) is 0 Å². The van der Waals surface area contributed by atoms with Crippen LogP contribution in [0.2, 0.25) is 0 Å². The maximum absolute atomic E-state index is 12.3. The molecule has 2 atom stereocenters. The highest BCUT2D eigenvalue weighted by atomic mass is 35.5. The van der Waals surface area contributed by atoms with Crippen molar-refractivity contribution in [2.45, 2.75) is 44.2 Å². The molecule has 3 rings (SSSR count). The van der Waals surface area contributed by atoms with Gasteiger partial charge in [0.05, 0.1) is 20.1 Å². The smallest absolute Gasteiger partial charge is 0.313 e. The largest absolute Gasteiger partial charge is 1.00 e. The number of carbonyl (C=O) groups excluding carboxylic acids is 1. The zero-order valence-corrected chi connectivity index (χ0v) is 22.7. The Kier molecular flexibility index (Phi) is 11.9. The predicted molar refractivity (Wildman–Crippen MR) is 142 cm³/mol. The fourth-order valence-electron chi connectivity index (χ4n) is 4.08. The van der Waals surface area contributed by atoms with Crippen LogP contribution in [0.5, 0.6) is 11.5 Å². The van der Waals surface area contributed by atoms with E-state index in [9.17, 15) is 9.90 Å². The van der Waals surface area contributed by atoms with E-state index in [1.54, 1.807) is 7.11 Å². The summed E-state index contributed by atoms with van der Waals surface area (Å²) in [6.45, 7) is 4.82. The Bertz CT molecular complexity index is 1070. The Labute approximate surface area is 226 Å². The Hall–Kier alpha value is -3.06. The van der Waals surface area contributed by atoms with E-state index in [2.05, 4.69) is 31.3 Å². The number of esters is 1. The van der Waals surface area contributed by atoms with Gasteiger partial charge in [-0.1, -0.05) is 54.6 Å². The van der Waals surface area contributed by atoms with Crippen LogP contribution in [0.1, 0.15) is 36.5 Å². The maximum Gasteiger partial charge on any atom is 0.313 e. The standard InChI is InChI=1S/C30H37NO5.ClH/c1-30(2,19-23-12-14-26(34-3)15-13-23)31-20-25(32)21-36-27-16-10-22(11-17-27)18-28(29(33)35-4)24-8-6-5-7-9-24;/h5-17,25,28,31-32H,18-21H2,1-4H3;1H/p-1. The highest BCUT2D eigenvalue weighted by Gasteiger charge is 2.22. The summed E-state index contributed by atoms with van der Waals surface area (Å²) in [5.41, 5.74) is 2.94. The molecule has 0 radical (unpaired) electrons. The third kappa shape index (κ3) is 9.73. The summed E-state index contributed by atoms with van der Waals surface area (Å²) in [6.07, 6.45) is 0.704. The second-order valence-electron chi connectivity index (χ2n) is 9.59. The summed E-state index contributed by atoms with van der Waals surface area (Å²) < 4.78 is 16.0. The molecule has 3 aromatic carbocycles. The van der Waals surface area contributed by atoms with E-state index in [1.165, 1.54) is 12.7 Å². The lowest BCUT2D eigenvalue weighted by atomic mass is 9.92. The third-order valence-electron chi connectivity index (χ3n) is 6.11. The minimum absolute atomic E-state index is 0. The van der Waals surface area contributed by atoms with Crippen molar-refractivity contribution < 1.29 is 36.5 Å². The molecule has 3 aromatic rings. The molecule has 0 spiro atoms. The van der Waals surface area contributed by atoms with Gasteiger partial charge in [-0.15, -0.1) is 0 Å². The van der Waals surface area contributed by atoms with Gasteiger partial charge in [0, 0.05) is 12.1 Å². The number of methoxy groups -OCH3 is 2. The molecule has 0 saturated carbocycles. The molecular formula is C30H37ClNO5-. The van der Waals surface area contributed by atoms with Gasteiger partial charge < -0.3 is 37.0 Å². The lowest BCUT2D eigenvalue weighted by molar-refractivity contribution is -0.142. The number of halogens is 1. The quantitative estimate of drug-likeness (QED) is 0.329. The van der Waals surface area contributed by atoms with E-state index in [-0.39, 0.29) is 36.4 Å². The normalized spacial score (nSPS) is 12.7. The van der Waals surface area contributed by atoms with E-state index in [4.69, 9.17) is 14.2 Å². The van der Waals surface area contributed by atoms with Gasteiger partial charge in [0.15, 0.2) is 0 Å². The molecule has 0 amide bonds.